The predicted molar refractivity (Wildman–Crippen MR) is 110 cm³/mol. The van der Waals surface area contributed by atoms with E-state index in [9.17, 15) is 13.2 Å². The first kappa shape index (κ1) is 20.5. The van der Waals surface area contributed by atoms with Crippen molar-refractivity contribution in [3.05, 3.63) is 60.2 Å². The topological polar surface area (TPSA) is 69.7 Å². The average molecular weight is 402 g/mol. The summed E-state index contributed by atoms with van der Waals surface area (Å²) in [5, 5.41) is 2.81. The Morgan fingerprint density at radius 3 is 2.46 bits per heavy atom. The number of rotatable bonds is 7. The Balaban J connectivity index is 1.61. The van der Waals surface area contributed by atoms with Crippen LogP contribution in [0.3, 0.4) is 0 Å². The van der Waals surface area contributed by atoms with Gasteiger partial charge in [0.05, 0.1) is 11.4 Å². The fourth-order valence-corrected chi connectivity index (χ4v) is 4.95. The number of anilines is 1. The van der Waals surface area contributed by atoms with Crippen molar-refractivity contribution in [2.75, 3.05) is 32.0 Å². The molecule has 1 aliphatic heterocycles. The summed E-state index contributed by atoms with van der Waals surface area (Å²) in [6, 6.07) is 16.4. The fraction of sp³-hybridized carbons (Fsp3) is 0.381. The van der Waals surface area contributed by atoms with Gasteiger partial charge in [0, 0.05) is 25.3 Å². The maximum atomic E-state index is 12.8. The lowest BCUT2D eigenvalue weighted by Crippen LogP contribution is -2.35. The van der Waals surface area contributed by atoms with Crippen LogP contribution >= 0.6 is 0 Å². The number of piperidine rings is 1. The van der Waals surface area contributed by atoms with Crippen molar-refractivity contribution in [3.8, 4) is 0 Å². The molecule has 1 aliphatic rings. The molecule has 0 bridgehead atoms. The third-order valence-electron chi connectivity index (χ3n) is 4.78. The molecule has 0 saturated carbocycles. The SMILES string of the molecule is CN(CC(=O)Nc1cccc(S(=O)(=O)N2CCCCC2)c1)Cc1ccccc1. The molecule has 0 unspecified atom stereocenters. The molecule has 1 N–H and O–H groups in total. The molecule has 1 heterocycles. The maximum absolute atomic E-state index is 12.8. The van der Waals surface area contributed by atoms with Gasteiger partial charge in [-0.25, -0.2) is 8.42 Å². The van der Waals surface area contributed by atoms with E-state index in [-0.39, 0.29) is 17.3 Å². The number of carbonyl (C=O) groups is 1. The van der Waals surface area contributed by atoms with Crippen LogP contribution < -0.4 is 5.32 Å². The van der Waals surface area contributed by atoms with E-state index in [0.29, 0.717) is 25.3 Å². The molecule has 0 spiro atoms. The lowest BCUT2D eigenvalue weighted by atomic mass is 10.2. The van der Waals surface area contributed by atoms with Crippen molar-refractivity contribution >= 4 is 21.6 Å². The molecular weight excluding hydrogens is 374 g/mol. The largest absolute Gasteiger partial charge is 0.325 e. The number of carbonyl (C=O) groups excluding carboxylic acids is 1. The lowest BCUT2D eigenvalue weighted by molar-refractivity contribution is -0.117. The molecule has 3 rings (SSSR count). The Hall–Kier alpha value is -2.22. The summed E-state index contributed by atoms with van der Waals surface area (Å²) in [5.74, 6) is -0.175. The van der Waals surface area contributed by atoms with E-state index in [1.807, 2.05) is 42.3 Å². The molecule has 1 amide bonds. The number of nitrogens with zero attached hydrogens (tertiary/aromatic N) is 2. The molecule has 0 radical (unpaired) electrons. The number of sulfonamides is 1. The van der Waals surface area contributed by atoms with Crippen molar-refractivity contribution < 1.29 is 13.2 Å². The number of nitrogens with one attached hydrogen (secondary N) is 1. The Bertz CT molecular complexity index is 894. The molecule has 0 aromatic heterocycles. The van der Waals surface area contributed by atoms with Gasteiger partial charge in [0.15, 0.2) is 0 Å². The summed E-state index contributed by atoms with van der Waals surface area (Å²) in [4.78, 5) is 14.5. The van der Waals surface area contributed by atoms with Gasteiger partial charge in [0.2, 0.25) is 15.9 Å². The Morgan fingerprint density at radius 1 is 1.04 bits per heavy atom. The van der Waals surface area contributed by atoms with E-state index >= 15 is 0 Å². The van der Waals surface area contributed by atoms with Gasteiger partial charge in [-0.2, -0.15) is 4.31 Å². The Labute approximate surface area is 167 Å². The summed E-state index contributed by atoms with van der Waals surface area (Å²) < 4.78 is 27.2. The van der Waals surface area contributed by atoms with E-state index < -0.39 is 10.0 Å². The van der Waals surface area contributed by atoms with Crippen molar-refractivity contribution in [3.63, 3.8) is 0 Å². The highest BCUT2D eigenvalue weighted by Crippen LogP contribution is 2.22. The number of hydrogen-bond donors (Lipinski definition) is 1. The molecule has 1 fully saturated rings. The highest BCUT2D eigenvalue weighted by molar-refractivity contribution is 7.89. The van der Waals surface area contributed by atoms with Gasteiger partial charge in [-0.05, 0) is 43.7 Å². The first-order valence-electron chi connectivity index (χ1n) is 9.58. The normalized spacial score (nSPS) is 15.5. The van der Waals surface area contributed by atoms with Gasteiger partial charge in [0.25, 0.3) is 0 Å². The van der Waals surface area contributed by atoms with Crippen LogP contribution in [0, 0.1) is 0 Å². The second kappa shape index (κ2) is 9.32. The van der Waals surface area contributed by atoms with Gasteiger partial charge in [0.1, 0.15) is 0 Å². The van der Waals surface area contributed by atoms with Gasteiger partial charge in [-0.15, -0.1) is 0 Å². The summed E-state index contributed by atoms with van der Waals surface area (Å²) >= 11 is 0. The first-order chi connectivity index (χ1) is 13.4. The maximum Gasteiger partial charge on any atom is 0.243 e. The smallest absolute Gasteiger partial charge is 0.243 e. The van der Waals surface area contributed by atoms with E-state index in [1.165, 1.54) is 4.31 Å². The van der Waals surface area contributed by atoms with E-state index in [0.717, 1.165) is 24.8 Å². The summed E-state index contributed by atoms with van der Waals surface area (Å²) in [6.07, 6.45) is 2.85. The second-order valence-corrected chi connectivity index (χ2v) is 9.14. The van der Waals surface area contributed by atoms with Crippen molar-refractivity contribution in [1.82, 2.24) is 9.21 Å². The molecule has 150 valence electrons. The summed E-state index contributed by atoms with van der Waals surface area (Å²) in [5.41, 5.74) is 1.63. The minimum Gasteiger partial charge on any atom is -0.325 e. The lowest BCUT2D eigenvalue weighted by Gasteiger charge is -2.26. The van der Waals surface area contributed by atoms with Crippen LogP contribution in [0.4, 0.5) is 5.69 Å². The van der Waals surface area contributed by atoms with Crippen molar-refractivity contribution in [2.24, 2.45) is 0 Å². The molecular formula is C21H27N3O3S. The third-order valence-corrected chi connectivity index (χ3v) is 6.67. The molecule has 6 nitrogen and oxygen atoms in total. The number of benzene rings is 2. The highest BCUT2D eigenvalue weighted by Gasteiger charge is 2.26. The molecule has 0 aliphatic carbocycles. The number of likely N-dealkylation sites (N-methyl/N-ethyl adjacent to an activating group) is 1. The molecule has 0 atom stereocenters. The van der Waals surface area contributed by atoms with Gasteiger partial charge < -0.3 is 5.32 Å². The first-order valence-corrected chi connectivity index (χ1v) is 11.0. The van der Waals surface area contributed by atoms with Crippen LogP contribution in [-0.4, -0.2) is 50.2 Å². The zero-order valence-corrected chi connectivity index (χ0v) is 17.0. The van der Waals surface area contributed by atoms with E-state index in [4.69, 9.17) is 0 Å². The Morgan fingerprint density at radius 2 is 1.75 bits per heavy atom. The van der Waals surface area contributed by atoms with Crippen LogP contribution in [0.25, 0.3) is 0 Å². The standard InChI is InChI=1S/C21H27N3O3S/c1-23(16-18-9-4-2-5-10-18)17-21(25)22-19-11-8-12-20(15-19)28(26,27)24-13-6-3-7-14-24/h2,4-5,8-12,15H,3,6-7,13-14,16-17H2,1H3,(H,22,25). The van der Waals surface area contributed by atoms with Crippen LogP contribution in [0.2, 0.25) is 0 Å². The molecule has 2 aromatic carbocycles. The van der Waals surface area contributed by atoms with Crippen LogP contribution in [0.1, 0.15) is 24.8 Å². The fourth-order valence-electron chi connectivity index (χ4n) is 3.39. The van der Waals surface area contributed by atoms with Crippen molar-refractivity contribution in [2.45, 2.75) is 30.7 Å². The minimum atomic E-state index is -3.51. The van der Waals surface area contributed by atoms with Gasteiger partial charge in [-0.1, -0.05) is 42.8 Å². The monoisotopic (exact) mass is 401 g/mol. The van der Waals surface area contributed by atoms with E-state index in [1.54, 1.807) is 24.3 Å². The van der Waals surface area contributed by atoms with Gasteiger partial charge >= 0.3 is 0 Å². The highest BCUT2D eigenvalue weighted by atomic mass is 32.2. The summed E-state index contributed by atoms with van der Waals surface area (Å²) in [6.45, 7) is 2.00. The van der Waals surface area contributed by atoms with Crippen LogP contribution in [0.5, 0.6) is 0 Å². The summed E-state index contributed by atoms with van der Waals surface area (Å²) in [7, 11) is -1.63. The molecule has 7 heteroatoms. The van der Waals surface area contributed by atoms with Crippen molar-refractivity contribution in [1.29, 1.82) is 0 Å². The Kier molecular flexibility index (Phi) is 6.83. The number of amides is 1. The average Bonchev–Trinajstić information content (AvgIpc) is 2.69. The molecule has 2 aromatic rings. The van der Waals surface area contributed by atoms with Crippen LogP contribution in [0.15, 0.2) is 59.5 Å². The zero-order valence-electron chi connectivity index (χ0n) is 16.2. The third kappa shape index (κ3) is 5.41. The second-order valence-electron chi connectivity index (χ2n) is 7.20. The van der Waals surface area contributed by atoms with E-state index in [2.05, 4.69) is 5.32 Å². The van der Waals surface area contributed by atoms with Gasteiger partial charge in [-0.3, -0.25) is 9.69 Å². The number of hydrogen-bond acceptors (Lipinski definition) is 4. The predicted octanol–water partition coefficient (Wildman–Crippen LogP) is 2.93. The molecule has 1 saturated heterocycles. The quantitative estimate of drug-likeness (QED) is 0.774. The zero-order chi connectivity index (χ0) is 20.0. The van der Waals surface area contributed by atoms with Crippen LogP contribution in [-0.2, 0) is 21.4 Å². The minimum absolute atomic E-state index is 0.175. The molecule has 28 heavy (non-hydrogen) atoms.